The molecule has 4 N–H and O–H groups in total. The van der Waals surface area contributed by atoms with Gasteiger partial charge >= 0.3 is 0 Å². The Balaban J connectivity index is 2.53. The van der Waals surface area contributed by atoms with Crippen molar-refractivity contribution in [3.8, 4) is 11.8 Å². The van der Waals surface area contributed by atoms with Crippen LogP contribution in [-0.2, 0) is 9.53 Å². The minimum Gasteiger partial charge on any atom is -0.384 e. The first-order valence-corrected chi connectivity index (χ1v) is 5.83. The van der Waals surface area contributed by atoms with Gasteiger partial charge in [-0.25, -0.2) is 0 Å². The molecule has 1 aromatic heterocycles. The van der Waals surface area contributed by atoms with Crippen molar-refractivity contribution in [3.05, 3.63) is 29.6 Å². The van der Waals surface area contributed by atoms with Crippen molar-refractivity contribution < 1.29 is 19.4 Å². The number of hydrogen-bond acceptors (Lipinski definition) is 5. The van der Waals surface area contributed by atoms with E-state index in [4.69, 9.17) is 15.6 Å². The quantitative estimate of drug-likeness (QED) is 0.439. The lowest BCUT2D eigenvalue weighted by atomic mass is 10.1. The molecule has 0 aromatic carbocycles. The van der Waals surface area contributed by atoms with Crippen molar-refractivity contribution in [1.29, 1.82) is 0 Å². The summed E-state index contributed by atoms with van der Waals surface area (Å²) in [4.78, 5) is 26.2. The molecule has 0 aliphatic rings. The SMILES string of the molecule is NC(=O)COCCNC(=O)c1ccncc1C#CCO. The molecule has 20 heavy (non-hydrogen) atoms. The second kappa shape index (κ2) is 8.63. The number of amides is 2. The monoisotopic (exact) mass is 277 g/mol. The normalized spacial score (nSPS) is 9.45. The van der Waals surface area contributed by atoms with Crippen LogP contribution in [-0.4, -0.2) is 48.3 Å². The number of nitrogens with zero attached hydrogens (tertiary/aromatic N) is 1. The molecule has 0 atom stereocenters. The standard InChI is InChI=1S/C13H15N3O4/c14-12(18)9-20-7-5-16-13(19)11-3-4-15-8-10(11)2-1-6-17/h3-4,8,17H,5-7,9H2,(H2,14,18)(H,16,19). The van der Waals surface area contributed by atoms with E-state index in [0.717, 1.165) is 0 Å². The molecule has 0 fully saturated rings. The number of aliphatic hydroxyl groups excluding tert-OH is 1. The van der Waals surface area contributed by atoms with Gasteiger partial charge in [0.2, 0.25) is 5.91 Å². The molecule has 0 unspecified atom stereocenters. The molecular weight excluding hydrogens is 262 g/mol. The van der Waals surface area contributed by atoms with Gasteiger partial charge in [0.05, 0.1) is 17.7 Å². The first-order chi connectivity index (χ1) is 9.65. The van der Waals surface area contributed by atoms with Crippen LogP contribution in [0, 0.1) is 11.8 Å². The van der Waals surface area contributed by atoms with Gasteiger partial charge in [0.15, 0.2) is 0 Å². The molecule has 7 heteroatoms. The Morgan fingerprint density at radius 1 is 1.50 bits per heavy atom. The Kier molecular flexibility index (Phi) is 6.75. The van der Waals surface area contributed by atoms with Crippen molar-refractivity contribution in [2.45, 2.75) is 0 Å². The zero-order valence-electron chi connectivity index (χ0n) is 10.8. The Morgan fingerprint density at radius 3 is 3.00 bits per heavy atom. The summed E-state index contributed by atoms with van der Waals surface area (Å²) in [6.45, 7) is -0.0615. The smallest absolute Gasteiger partial charge is 0.252 e. The molecule has 1 heterocycles. The van der Waals surface area contributed by atoms with Crippen LogP contribution in [0.3, 0.4) is 0 Å². The number of carbonyl (C=O) groups is 2. The maximum atomic E-state index is 11.9. The fraction of sp³-hybridized carbons (Fsp3) is 0.308. The fourth-order valence-electron chi connectivity index (χ4n) is 1.33. The Labute approximate surface area is 116 Å². The van der Waals surface area contributed by atoms with Crippen LogP contribution < -0.4 is 11.1 Å². The highest BCUT2D eigenvalue weighted by Gasteiger charge is 2.09. The van der Waals surface area contributed by atoms with Gasteiger partial charge in [-0.2, -0.15) is 0 Å². The number of pyridine rings is 1. The topological polar surface area (TPSA) is 115 Å². The van der Waals surface area contributed by atoms with Crippen molar-refractivity contribution in [2.24, 2.45) is 5.73 Å². The molecule has 2 amide bonds. The Hall–Kier alpha value is -2.43. The van der Waals surface area contributed by atoms with Crippen LogP contribution in [0.5, 0.6) is 0 Å². The molecule has 0 radical (unpaired) electrons. The van der Waals surface area contributed by atoms with Gasteiger partial charge in [-0.3, -0.25) is 14.6 Å². The van der Waals surface area contributed by atoms with Crippen LogP contribution in [0.4, 0.5) is 0 Å². The minimum atomic E-state index is -0.563. The number of aliphatic hydroxyl groups is 1. The van der Waals surface area contributed by atoms with E-state index in [0.29, 0.717) is 11.1 Å². The third-order valence-corrected chi connectivity index (χ3v) is 2.14. The van der Waals surface area contributed by atoms with E-state index >= 15 is 0 Å². The molecule has 106 valence electrons. The van der Waals surface area contributed by atoms with Crippen LogP contribution in [0.2, 0.25) is 0 Å². The van der Waals surface area contributed by atoms with Gasteiger partial charge in [0.1, 0.15) is 13.2 Å². The summed E-state index contributed by atoms with van der Waals surface area (Å²) in [5.74, 6) is 4.20. The van der Waals surface area contributed by atoms with Gasteiger partial charge in [0, 0.05) is 18.9 Å². The van der Waals surface area contributed by atoms with E-state index in [-0.39, 0.29) is 32.3 Å². The first-order valence-electron chi connectivity index (χ1n) is 5.83. The number of hydrogen-bond donors (Lipinski definition) is 3. The average Bonchev–Trinajstić information content (AvgIpc) is 2.44. The molecular formula is C13H15N3O4. The summed E-state index contributed by atoms with van der Waals surface area (Å²) in [5.41, 5.74) is 5.68. The van der Waals surface area contributed by atoms with Crippen LogP contribution in [0.25, 0.3) is 0 Å². The predicted octanol–water partition coefficient (Wildman–Crippen LogP) is -1.34. The highest BCUT2D eigenvalue weighted by molar-refractivity contribution is 5.96. The zero-order chi connectivity index (χ0) is 14.8. The molecule has 7 nitrogen and oxygen atoms in total. The number of nitrogens with one attached hydrogen (secondary N) is 1. The summed E-state index contributed by atoms with van der Waals surface area (Å²) < 4.78 is 4.91. The molecule has 1 rings (SSSR count). The second-order valence-electron chi connectivity index (χ2n) is 3.66. The lowest BCUT2D eigenvalue weighted by Gasteiger charge is -2.06. The van der Waals surface area contributed by atoms with Crippen LogP contribution in [0.15, 0.2) is 18.5 Å². The van der Waals surface area contributed by atoms with E-state index in [1.807, 2.05) is 0 Å². The number of carbonyl (C=O) groups excluding carboxylic acids is 2. The van der Waals surface area contributed by atoms with Crippen molar-refractivity contribution in [1.82, 2.24) is 10.3 Å². The van der Waals surface area contributed by atoms with Gasteiger partial charge in [-0.05, 0) is 6.07 Å². The lowest BCUT2D eigenvalue weighted by molar-refractivity contribution is -0.122. The number of ether oxygens (including phenoxy) is 1. The first kappa shape index (κ1) is 15.6. The predicted molar refractivity (Wildman–Crippen MR) is 70.5 cm³/mol. The van der Waals surface area contributed by atoms with Crippen molar-refractivity contribution in [2.75, 3.05) is 26.4 Å². The Morgan fingerprint density at radius 2 is 2.30 bits per heavy atom. The maximum absolute atomic E-state index is 11.9. The minimum absolute atomic E-state index is 0.178. The summed E-state index contributed by atoms with van der Waals surface area (Å²) in [6.07, 6.45) is 2.92. The molecule has 0 aliphatic carbocycles. The Bertz CT molecular complexity index is 534. The van der Waals surface area contributed by atoms with Crippen molar-refractivity contribution >= 4 is 11.8 Å². The number of aromatic nitrogens is 1. The summed E-state index contributed by atoms with van der Waals surface area (Å²) in [5, 5.41) is 11.3. The second-order valence-corrected chi connectivity index (χ2v) is 3.66. The van der Waals surface area contributed by atoms with Crippen molar-refractivity contribution in [3.63, 3.8) is 0 Å². The molecule has 0 bridgehead atoms. The van der Waals surface area contributed by atoms with Gasteiger partial charge in [0.25, 0.3) is 5.91 Å². The summed E-state index contributed by atoms with van der Waals surface area (Å²) in [7, 11) is 0. The number of primary amides is 1. The summed E-state index contributed by atoms with van der Waals surface area (Å²) >= 11 is 0. The summed E-state index contributed by atoms with van der Waals surface area (Å²) in [6, 6.07) is 1.53. The van der Waals surface area contributed by atoms with E-state index in [2.05, 4.69) is 22.1 Å². The molecule has 0 saturated carbocycles. The average molecular weight is 277 g/mol. The molecule has 0 aliphatic heterocycles. The zero-order valence-corrected chi connectivity index (χ0v) is 10.8. The molecule has 1 aromatic rings. The van der Waals surface area contributed by atoms with E-state index < -0.39 is 5.91 Å². The van der Waals surface area contributed by atoms with Crippen LogP contribution in [0.1, 0.15) is 15.9 Å². The van der Waals surface area contributed by atoms with E-state index in [1.165, 1.54) is 18.5 Å². The number of nitrogens with two attached hydrogens (primary N) is 1. The number of rotatable bonds is 6. The fourth-order valence-corrected chi connectivity index (χ4v) is 1.33. The van der Waals surface area contributed by atoms with Gasteiger partial charge in [-0.1, -0.05) is 11.8 Å². The van der Waals surface area contributed by atoms with Gasteiger partial charge < -0.3 is 20.9 Å². The van der Waals surface area contributed by atoms with E-state index in [9.17, 15) is 9.59 Å². The molecule has 0 saturated heterocycles. The third kappa shape index (κ3) is 5.48. The van der Waals surface area contributed by atoms with Crippen LogP contribution >= 0.6 is 0 Å². The van der Waals surface area contributed by atoms with E-state index in [1.54, 1.807) is 0 Å². The van der Waals surface area contributed by atoms with Gasteiger partial charge in [-0.15, -0.1) is 0 Å². The maximum Gasteiger partial charge on any atom is 0.252 e. The lowest BCUT2D eigenvalue weighted by Crippen LogP contribution is -2.29. The third-order valence-electron chi connectivity index (χ3n) is 2.14. The highest BCUT2D eigenvalue weighted by atomic mass is 16.5. The largest absolute Gasteiger partial charge is 0.384 e. The molecule has 0 spiro atoms. The highest BCUT2D eigenvalue weighted by Crippen LogP contribution is 2.04.